The van der Waals surface area contributed by atoms with Crippen molar-refractivity contribution in [3.05, 3.63) is 52.8 Å². The van der Waals surface area contributed by atoms with E-state index >= 15 is 0 Å². The van der Waals surface area contributed by atoms with Gasteiger partial charge in [-0.25, -0.2) is 4.79 Å². The summed E-state index contributed by atoms with van der Waals surface area (Å²) in [5, 5.41) is 7.43. The van der Waals surface area contributed by atoms with E-state index < -0.39 is 5.60 Å². The summed E-state index contributed by atoms with van der Waals surface area (Å²) >= 11 is 0. The average Bonchev–Trinajstić information content (AvgIpc) is 2.86. The first-order chi connectivity index (χ1) is 11.9. The molecule has 1 unspecified atom stereocenters. The first kappa shape index (κ1) is 17.5. The topological polar surface area (TPSA) is 59.4 Å². The molecule has 1 aliphatic heterocycles. The van der Waals surface area contributed by atoms with Crippen LogP contribution in [0.3, 0.4) is 0 Å². The number of ether oxygens (including phenoxy) is 1. The summed E-state index contributed by atoms with van der Waals surface area (Å²) in [4.78, 5) is 14.5. The zero-order chi connectivity index (χ0) is 18.0. The maximum Gasteiger partial charge on any atom is 0.317 e. The maximum absolute atomic E-state index is 12.7. The second kappa shape index (κ2) is 6.88. The van der Waals surface area contributed by atoms with E-state index in [1.165, 1.54) is 0 Å². The van der Waals surface area contributed by atoms with Gasteiger partial charge in [0, 0.05) is 31.4 Å². The predicted octanol–water partition coefficient (Wildman–Crippen LogP) is 2.49. The highest BCUT2D eigenvalue weighted by atomic mass is 16.5. The number of hydrogen-bond donors (Lipinski definition) is 1. The zero-order valence-electron chi connectivity index (χ0n) is 15.4. The Kier molecular flexibility index (Phi) is 4.81. The number of urea groups is 1. The number of aryl methyl sites for hydroxylation is 2. The Hall–Kier alpha value is -2.34. The van der Waals surface area contributed by atoms with Crippen LogP contribution in [-0.4, -0.2) is 40.4 Å². The molecule has 0 saturated carbocycles. The Labute approximate surface area is 148 Å². The van der Waals surface area contributed by atoms with E-state index in [1.54, 1.807) is 0 Å². The molecule has 0 bridgehead atoms. The minimum atomic E-state index is -0.475. The molecule has 0 radical (unpaired) electrons. The van der Waals surface area contributed by atoms with E-state index in [4.69, 9.17) is 4.74 Å². The fourth-order valence-electron chi connectivity index (χ4n) is 3.36. The molecule has 2 aromatic rings. The van der Waals surface area contributed by atoms with Crippen LogP contribution in [0.15, 0.2) is 30.3 Å². The number of aromatic nitrogens is 2. The van der Waals surface area contributed by atoms with Crippen molar-refractivity contribution in [1.82, 2.24) is 20.0 Å². The highest BCUT2D eigenvalue weighted by Crippen LogP contribution is 2.29. The molecule has 2 amide bonds. The Bertz CT molecular complexity index is 756. The SMILES string of the molecule is Cc1nn(C)c(C)c1CNC(=O)N1CCOC(C)(c2ccccc2)C1. The van der Waals surface area contributed by atoms with E-state index in [2.05, 4.69) is 10.4 Å². The van der Waals surface area contributed by atoms with Crippen LogP contribution in [0.2, 0.25) is 0 Å². The van der Waals surface area contributed by atoms with Crippen molar-refractivity contribution in [2.24, 2.45) is 7.05 Å². The molecule has 1 aliphatic rings. The summed E-state index contributed by atoms with van der Waals surface area (Å²) in [7, 11) is 1.92. The number of benzene rings is 1. The molecule has 6 nitrogen and oxygen atoms in total. The molecule has 1 aromatic heterocycles. The van der Waals surface area contributed by atoms with E-state index in [0.717, 1.165) is 22.5 Å². The molecule has 1 saturated heterocycles. The van der Waals surface area contributed by atoms with Crippen LogP contribution >= 0.6 is 0 Å². The number of morpholine rings is 1. The normalized spacial score (nSPS) is 20.6. The highest BCUT2D eigenvalue weighted by Gasteiger charge is 2.35. The van der Waals surface area contributed by atoms with Crippen molar-refractivity contribution < 1.29 is 9.53 Å². The predicted molar refractivity (Wildman–Crippen MR) is 96.2 cm³/mol. The fourth-order valence-corrected chi connectivity index (χ4v) is 3.36. The lowest BCUT2D eigenvalue weighted by molar-refractivity contribution is -0.0906. The Morgan fingerprint density at radius 1 is 1.32 bits per heavy atom. The molecule has 134 valence electrons. The second-order valence-corrected chi connectivity index (χ2v) is 6.80. The van der Waals surface area contributed by atoms with Crippen molar-refractivity contribution in [2.45, 2.75) is 32.9 Å². The van der Waals surface area contributed by atoms with Crippen LogP contribution in [0.5, 0.6) is 0 Å². The lowest BCUT2D eigenvalue weighted by Crippen LogP contribution is -2.53. The number of nitrogens with one attached hydrogen (secondary N) is 1. The number of carbonyl (C=O) groups excluding carboxylic acids is 1. The molecule has 25 heavy (non-hydrogen) atoms. The summed E-state index contributed by atoms with van der Waals surface area (Å²) in [6, 6.07) is 10.0. The lowest BCUT2D eigenvalue weighted by atomic mass is 9.94. The Balaban J connectivity index is 1.66. The number of amides is 2. The molecule has 6 heteroatoms. The Morgan fingerprint density at radius 2 is 2.04 bits per heavy atom. The van der Waals surface area contributed by atoms with Gasteiger partial charge in [-0.2, -0.15) is 5.10 Å². The Morgan fingerprint density at radius 3 is 2.68 bits per heavy atom. The third-order valence-electron chi connectivity index (χ3n) is 5.02. The molecule has 1 atom stereocenters. The largest absolute Gasteiger partial charge is 0.367 e. The van der Waals surface area contributed by atoms with Crippen LogP contribution in [0, 0.1) is 13.8 Å². The quantitative estimate of drug-likeness (QED) is 0.932. The number of nitrogens with zero attached hydrogens (tertiary/aromatic N) is 3. The minimum absolute atomic E-state index is 0.0619. The van der Waals surface area contributed by atoms with Gasteiger partial charge in [0.1, 0.15) is 5.60 Å². The van der Waals surface area contributed by atoms with Gasteiger partial charge in [-0.3, -0.25) is 4.68 Å². The molecule has 3 rings (SSSR count). The molecule has 0 aliphatic carbocycles. The first-order valence-electron chi connectivity index (χ1n) is 8.62. The zero-order valence-corrected chi connectivity index (χ0v) is 15.4. The lowest BCUT2D eigenvalue weighted by Gasteiger charge is -2.40. The molecule has 1 aromatic carbocycles. The first-order valence-corrected chi connectivity index (χ1v) is 8.62. The van der Waals surface area contributed by atoms with Crippen LogP contribution < -0.4 is 5.32 Å². The van der Waals surface area contributed by atoms with Crippen molar-refractivity contribution in [3.63, 3.8) is 0 Å². The summed E-state index contributed by atoms with van der Waals surface area (Å²) in [5.74, 6) is 0. The third-order valence-corrected chi connectivity index (χ3v) is 5.02. The van der Waals surface area contributed by atoms with Crippen LogP contribution in [0.4, 0.5) is 4.79 Å². The van der Waals surface area contributed by atoms with Crippen LogP contribution in [0.1, 0.15) is 29.4 Å². The van der Waals surface area contributed by atoms with E-state index in [1.807, 2.05) is 67.7 Å². The summed E-state index contributed by atoms with van der Waals surface area (Å²) in [6.45, 7) is 8.18. The van der Waals surface area contributed by atoms with Gasteiger partial charge in [-0.1, -0.05) is 30.3 Å². The molecule has 1 fully saturated rings. The van der Waals surface area contributed by atoms with Gasteiger partial charge < -0.3 is 15.0 Å². The number of hydrogen-bond acceptors (Lipinski definition) is 3. The molecule has 2 heterocycles. The monoisotopic (exact) mass is 342 g/mol. The van der Waals surface area contributed by atoms with Crippen molar-refractivity contribution in [1.29, 1.82) is 0 Å². The summed E-state index contributed by atoms with van der Waals surface area (Å²) in [5.41, 5.74) is 3.73. The summed E-state index contributed by atoms with van der Waals surface area (Å²) < 4.78 is 7.85. The van der Waals surface area contributed by atoms with Crippen LogP contribution in [0.25, 0.3) is 0 Å². The van der Waals surface area contributed by atoms with Gasteiger partial charge in [0.15, 0.2) is 0 Å². The minimum Gasteiger partial charge on any atom is -0.367 e. The van der Waals surface area contributed by atoms with Gasteiger partial charge in [-0.05, 0) is 26.3 Å². The van der Waals surface area contributed by atoms with Crippen molar-refractivity contribution in [2.75, 3.05) is 19.7 Å². The highest BCUT2D eigenvalue weighted by molar-refractivity contribution is 5.74. The van der Waals surface area contributed by atoms with E-state index in [0.29, 0.717) is 26.2 Å². The van der Waals surface area contributed by atoms with Gasteiger partial charge in [0.05, 0.1) is 18.8 Å². The second-order valence-electron chi connectivity index (χ2n) is 6.80. The van der Waals surface area contributed by atoms with Crippen LogP contribution in [-0.2, 0) is 23.9 Å². The maximum atomic E-state index is 12.7. The van der Waals surface area contributed by atoms with Crippen molar-refractivity contribution >= 4 is 6.03 Å². The van der Waals surface area contributed by atoms with E-state index in [9.17, 15) is 4.79 Å². The smallest absolute Gasteiger partial charge is 0.317 e. The van der Waals surface area contributed by atoms with Crippen molar-refractivity contribution in [3.8, 4) is 0 Å². The molecule has 1 N–H and O–H groups in total. The average molecular weight is 342 g/mol. The standard InChI is InChI=1S/C19H26N4O2/c1-14-17(15(2)22(4)21-14)12-20-18(24)23-10-11-25-19(3,13-23)16-8-6-5-7-9-16/h5-9H,10-13H2,1-4H3,(H,20,24). The molecular weight excluding hydrogens is 316 g/mol. The summed E-state index contributed by atoms with van der Waals surface area (Å²) in [6.07, 6.45) is 0. The molecular formula is C19H26N4O2. The van der Waals surface area contributed by atoms with E-state index in [-0.39, 0.29) is 6.03 Å². The van der Waals surface area contributed by atoms with Gasteiger partial charge in [0.2, 0.25) is 0 Å². The third kappa shape index (κ3) is 3.54. The number of rotatable bonds is 3. The van der Waals surface area contributed by atoms with Gasteiger partial charge in [0.25, 0.3) is 0 Å². The van der Waals surface area contributed by atoms with Gasteiger partial charge in [-0.15, -0.1) is 0 Å². The molecule has 0 spiro atoms. The van der Waals surface area contributed by atoms with Gasteiger partial charge >= 0.3 is 6.03 Å². The number of carbonyl (C=O) groups is 1. The fraction of sp³-hybridized carbons (Fsp3) is 0.474.